The van der Waals surface area contributed by atoms with E-state index < -0.39 is 29.7 Å². The summed E-state index contributed by atoms with van der Waals surface area (Å²) >= 11 is 0. The van der Waals surface area contributed by atoms with E-state index in [1.807, 2.05) is 12.1 Å². The summed E-state index contributed by atoms with van der Waals surface area (Å²) in [4.78, 5) is 30.0. The largest absolute Gasteiger partial charge is 0.444 e. The van der Waals surface area contributed by atoms with Crippen LogP contribution < -0.4 is 5.32 Å². The molecule has 3 heterocycles. The second-order valence-electron chi connectivity index (χ2n) is 11.6. The first-order valence-electron chi connectivity index (χ1n) is 13.1. The van der Waals surface area contributed by atoms with Crippen molar-refractivity contribution < 1.29 is 23.5 Å². The number of ether oxygens (including phenoxy) is 2. The quantitative estimate of drug-likeness (QED) is 0.591. The van der Waals surface area contributed by atoms with Crippen molar-refractivity contribution >= 4 is 12.0 Å². The molecular formula is C28H35FN4O4. The third-order valence-corrected chi connectivity index (χ3v) is 7.78. The van der Waals surface area contributed by atoms with Crippen LogP contribution in [0.4, 0.5) is 9.18 Å². The summed E-state index contributed by atoms with van der Waals surface area (Å²) in [5, 5.41) is 12.5. The second-order valence-corrected chi connectivity index (χ2v) is 11.6. The molecule has 4 aliphatic rings. The molecule has 2 saturated heterocycles. The van der Waals surface area contributed by atoms with Gasteiger partial charge in [0.2, 0.25) is 5.91 Å². The van der Waals surface area contributed by atoms with Crippen molar-refractivity contribution in [3.8, 4) is 6.07 Å². The Balaban J connectivity index is 1.22. The number of fused-ring (bicyclic) bond motifs is 1. The third kappa shape index (κ3) is 5.36. The van der Waals surface area contributed by atoms with E-state index in [1.165, 1.54) is 4.90 Å². The van der Waals surface area contributed by atoms with Gasteiger partial charge in [-0.3, -0.25) is 14.6 Å². The van der Waals surface area contributed by atoms with Crippen molar-refractivity contribution in [2.75, 3.05) is 26.3 Å². The van der Waals surface area contributed by atoms with Crippen LogP contribution in [0.5, 0.6) is 0 Å². The molecule has 37 heavy (non-hydrogen) atoms. The van der Waals surface area contributed by atoms with Crippen LogP contribution in [0.15, 0.2) is 29.8 Å². The molecule has 1 unspecified atom stereocenters. The van der Waals surface area contributed by atoms with Crippen LogP contribution in [0.25, 0.3) is 0 Å². The summed E-state index contributed by atoms with van der Waals surface area (Å²) in [6, 6.07) is 5.89. The molecule has 2 amide bonds. The van der Waals surface area contributed by atoms with Gasteiger partial charge in [0.1, 0.15) is 23.5 Å². The van der Waals surface area contributed by atoms with Crippen molar-refractivity contribution in [2.45, 2.75) is 82.1 Å². The molecule has 1 aromatic rings. The zero-order chi connectivity index (χ0) is 26.3. The lowest BCUT2D eigenvalue weighted by atomic mass is 9.95. The van der Waals surface area contributed by atoms with Gasteiger partial charge in [-0.25, -0.2) is 9.18 Å². The zero-order valence-corrected chi connectivity index (χ0v) is 21.7. The van der Waals surface area contributed by atoms with E-state index in [-0.39, 0.29) is 24.2 Å². The number of likely N-dealkylation sites (tertiary alicyclic amines) is 2. The normalized spacial score (nSPS) is 26.4. The van der Waals surface area contributed by atoms with E-state index in [4.69, 9.17) is 9.47 Å². The molecule has 1 aromatic carbocycles. The molecule has 2 bridgehead atoms. The van der Waals surface area contributed by atoms with Crippen LogP contribution in [-0.4, -0.2) is 77.9 Å². The first kappa shape index (κ1) is 25.7. The lowest BCUT2D eigenvalue weighted by molar-refractivity contribution is -0.126. The Kier molecular flexibility index (Phi) is 6.99. The SMILES string of the molecule is CC(C)(C)OC(=O)N1[C@H](C(=O)N[C@H](C#N)Cc2ccc(C3CCN(C4COC4)C3)cc2F)C2=C[C@H]1CC2. The lowest BCUT2D eigenvalue weighted by Gasteiger charge is -2.36. The summed E-state index contributed by atoms with van der Waals surface area (Å²) in [7, 11) is 0. The predicted molar refractivity (Wildman–Crippen MR) is 134 cm³/mol. The standard InChI is InChI=1S/C28H35FN4O4/c1-28(2,3)37-27(35)33-22-7-6-19(11-22)25(33)26(34)31-21(13-30)10-18-5-4-17(12-24(18)29)20-8-9-32(14-20)23-15-36-16-23/h4-5,11-12,20-23,25H,6-10,14-16H2,1-3H3,(H,31,34)/t20?,21-,22+,25-/m0/s1. The smallest absolute Gasteiger partial charge is 0.411 e. The highest BCUT2D eigenvalue weighted by Crippen LogP contribution is 2.38. The Morgan fingerprint density at radius 3 is 2.73 bits per heavy atom. The number of piperidine rings is 1. The Morgan fingerprint density at radius 1 is 1.30 bits per heavy atom. The van der Waals surface area contributed by atoms with E-state index >= 15 is 4.39 Å². The van der Waals surface area contributed by atoms with E-state index in [1.54, 1.807) is 32.9 Å². The molecule has 8 nitrogen and oxygen atoms in total. The maximum atomic E-state index is 15.1. The molecule has 198 valence electrons. The van der Waals surface area contributed by atoms with Crippen LogP contribution in [0, 0.1) is 17.1 Å². The number of halogens is 1. The molecule has 0 radical (unpaired) electrons. The van der Waals surface area contributed by atoms with Crippen molar-refractivity contribution in [1.82, 2.24) is 15.1 Å². The van der Waals surface area contributed by atoms with Crippen molar-refractivity contribution in [3.63, 3.8) is 0 Å². The van der Waals surface area contributed by atoms with Gasteiger partial charge in [0.15, 0.2) is 0 Å². The summed E-state index contributed by atoms with van der Waals surface area (Å²) in [5.74, 6) is -0.523. The number of hydrogen-bond donors (Lipinski definition) is 1. The van der Waals surface area contributed by atoms with Gasteiger partial charge in [-0.1, -0.05) is 18.2 Å². The van der Waals surface area contributed by atoms with Crippen molar-refractivity contribution in [3.05, 3.63) is 46.8 Å². The fourth-order valence-corrected chi connectivity index (χ4v) is 5.80. The lowest BCUT2D eigenvalue weighted by Crippen LogP contribution is -2.55. The molecule has 5 rings (SSSR count). The molecule has 3 aliphatic heterocycles. The fourth-order valence-electron chi connectivity index (χ4n) is 5.80. The molecule has 4 atom stereocenters. The minimum Gasteiger partial charge on any atom is -0.444 e. The van der Waals surface area contributed by atoms with Gasteiger partial charge in [-0.2, -0.15) is 5.26 Å². The van der Waals surface area contributed by atoms with Crippen LogP contribution in [0.1, 0.15) is 57.1 Å². The van der Waals surface area contributed by atoms with Gasteiger partial charge in [-0.05, 0) is 75.3 Å². The minimum absolute atomic E-state index is 0.0478. The molecule has 0 saturated carbocycles. The number of benzene rings is 1. The van der Waals surface area contributed by atoms with Crippen LogP contribution in [0.3, 0.4) is 0 Å². The molecule has 2 fully saturated rings. The topological polar surface area (TPSA) is 94.9 Å². The van der Waals surface area contributed by atoms with Crippen LogP contribution >= 0.6 is 0 Å². The van der Waals surface area contributed by atoms with Crippen LogP contribution in [-0.2, 0) is 20.7 Å². The summed E-state index contributed by atoms with van der Waals surface area (Å²) in [5.41, 5.74) is 1.52. The summed E-state index contributed by atoms with van der Waals surface area (Å²) in [6.07, 6.45) is 3.90. The van der Waals surface area contributed by atoms with Gasteiger partial charge in [0, 0.05) is 13.0 Å². The number of amides is 2. The predicted octanol–water partition coefficient (Wildman–Crippen LogP) is 3.27. The van der Waals surface area contributed by atoms with Gasteiger partial charge in [0.05, 0.1) is 31.4 Å². The highest BCUT2D eigenvalue weighted by Gasteiger charge is 2.47. The van der Waals surface area contributed by atoms with Gasteiger partial charge < -0.3 is 14.8 Å². The van der Waals surface area contributed by atoms with Gasteiger partial charge in [0.25, 0.3) is 0 Å². The maximum Gasteiger partial charge on any atom is 0.411 e. The molecule has 9 heteroatoms. The molecule has 1 aliphatic carbocycles. The van der Waals surface area contributed by atoms with E-state index in [9.17, 15) is 14.9 Å². The first-order valence-corrected chi connectivity index (χ1v) is 13.1. The van der Waals surface area contributed by atoms with Crippen molar-refractivity contribution in [2.24, 2.45) is 0 Å². The maximum absolute atomic E-state index is 15.1. The molecule has 0 spiro atoms. The number of nitriles is 1. The Hall–Kier alpha value is -2.96. The number of carbonyl (C=O) groups excluding carboxylic acids is 2. The number of rotatable bonds is 6. The number of hydrogen-bond acceptors (Lipinski definition) is 6. The minimum atomic E-state index is -0.923. The average Bonchev–Trinajstić information content (AvgIpc) is 3.53. The summed E-state index contributed by atoms with van der Waals surface area (Å²) < 4.78 is 25.9. The highest BCUT2D eigenvalue weighted by atomic mass is 19.1. The molecule has 0 aromatic heterocycles. The summed E-state index contributed by atoms with van der Waals surface area (Å²) in [6.45, 7) is 8.78. The first-order chi connectivity index (χ1) is 17.6. The number of carbonyl (C=O) groups is 2. The number of nitrogens with zero attached hydrogens (tertiary/aromatic N) is 3. The van der Waals surface area contributed by atoms with Gasteiger partial charge >= 0.3 is 6.09 Å². The van der Waals surface area contributed by atoms with E-state index in [0.717, 1.165) is 56.7 Å². The monoisotopic (exact) mass is 510 g/mol. The number of nitrogens with one attached hydrogen (secondary N) is 1. The van der Waals surface area contributed by atoms with Crippen LogP contribution in [0.2, 0.25) is 0 Å². The Bertz CT molecular complexity index is 1140. The van der Waals surface area contributed by atoms with E-state index in [2.05, 4.69) is 16.3 Å². The molecular weight excluding hydrogens is 475 g/mol. The third-order valence-electron chi connectivity index (χ3n) is 7.78. The van der Waals surface area contributed by atoms with E-state index in [0.29, 0.717) is 11.6 Å². The van der Waals surface area contributed by atoms with Crippen molar-refractivity contribution in [1.29, 1.82) is 5.26 Å². The zero-order valence-electron chi connectivity index (χ0n) is 21.7. The van der Waals surface area contributed by atoms with Gasteiger partial charge in [-0.15, -0.1) is 0 Å². The molecule has 1 N–H and O–H groups in total. The second kappa shape index (κ2) is 10.1. The highest BCUT2D eigenvalue weighted by molar-refractivity contribution is 5.91. The average molecular weight is 511 g/mol. The Labute approximate surface area is 217 Å². The Morgan fingerprint density at radius 2 is 2.08 bits per heavy atom. The fraction of sp³-hybridized carbons (Fsp3) is 0.607.